The molecule has 2 aromatic carbocycles. The molecule has 0 spiro atoms. The standard InChI is InChI=1S/C27H26ClN3O4/c1-19-4-2-5-21(16-19)25-24(27(35-29-25)30-11-14-33-15-12-30)18-31(17-23-6-3-13-34-23)26(32)20-7-9-22(28)10-8-20/h2-10,13,16H,11-12,14-15,17-18H2,1H3. The Labute approximate surface area is 208 Å². The highest BCUT2D eigenvalue weighted by molar-refractivity contribution is 6.30. The number of furan rings is 1. The van der Waals surface area contributed by atoms with Crippen LogP contribution < -0.4 is 4.90 Å². The van der Waals surface area contributed by atoms with Crippen molar-refractivity contribution in [2.45, 2.75) is 20.0 Å². The number of carbonyl (C=O) groups excluding carboxylic acids is 1. The number of morpholine rings is 1. The lowest BCUT2D eigenvalue weighted by Crippen LogP contribution is -2.37. The number of rotatable bonds is 7. The second kappa shape index (κ2) is 10.4. The van der Waals surface area contributed by atoms with Crippen molar-refractivity contribution in [3.05, 3.63) is 94.4 Å². The summed E-state index contributed by atoms with van der Waals surface area (Å²) in [7, 11) is 0. The molecule has 0 unspecified atom stereocenters. The van der Waals surface area contributed by atoms with Gasteiger partial charge in [-0.2, -0.15) is 0 Å². The van der Waals surface area contributed by atoms with Gasteiger partial charge in [-0.3, -0.25) is 4.79 Å². The first-order valence-corrected chi connectivity index (χ1v) is 11.9. The maximum Gasteiger partial charge on any atom is 0.254 e. The van der Waals surface area contributed by atoms with Crippen LogP contribution in [0.15, 0.2) is 75.9 Å². The van der Waals surface area contributed by atoms with Gasteiger partial charge in [0.05, 0.1) is 38.1 Å². The van der Waals surface area contributed by atoms with Gasteiger partial charge in [0.1, 0.15) is 11.5 Å². The number of aryl methyl sites for hydroxylation is 1. The third kappa shape index (κ3) is 5.26. The number of amides is 1. The van der Waals surface area contributed by atoms with E-state index >= 15 is 0 Å². The molecule has 1 aliphatic heterocycles. The van der Waals surface area contributed by atoms with Crippen LogP contribution in [0.4, 0.5) is 5.88 Å². The fourth-order valence-corrected chi connectivity index (χ4v) is 4.36. The van der Waals surface area contributed by atoms with Gasteiger partial charge in [-0.05, 0) is 49.4 Å². The van der Waals surface area contributed by atoms with E-state index in [1.165, 1.54) is 0 Å². The fraction of sp³-hybridized carbons (Fsp3) is 0.259. The highest BCUT2D eigenvalue weighted by Gasteiger charge is 2.28. The van der Waals surface area contributed by atoms with Crippen molar-refractivity contribution < 1.29 is 18.5 Å². The van der Waals surface area contributed by atoms with Gasteiger partial charge in [-0.15, -0.1) is 0 Å². The van der Waals surface area contributed by atoms with Crippen LogP contribution in [0, 0.1) is 6.92 Å². The molecule has 1 amide bonds. The van der Waals surface area contributed by atoms with Crippen molar-refractivity contribution in [3.63, 3.8) is 0 Å². The Hall–Kier alpha value is -3.55. The van der Waals surface area contributed by atoms with Crippen LogP contribution in [-0.2, 0) is 17.8 Å². The Morgan fingerprint density at radius 1 is 1.06 bits per heavy atom. The van der Waals surface area contributed by atoms with Crippen LogP contribution in [0.5, 0.6) is 0 Å². The number of hydrogen-bond donors (Lipinski definition) is 0. The van der Waals surface area contributed by atoms with Gasteiger partial charge in [-0.1, -0.05) is 40.5 Å². The number of benzene rings is 2. The largest absolute Gasteiger partial charge is 0.467 e. The van der Waals surface area contributed by atoms with E-state index in [0.717, 1.165) is 22.4 Å². The van der Waals surface area contributed by atoms with E-state index in [2.05, 4.69) is 16.1 Å². The van der Waals surface area contributed by atoms with Gasteiger partial charge in [0, 0.05) is 29.2 Å². The number of carbonyl (C=O) groups is 1. The van der Waals surface area contributed by atoms with E-state index in [9.17, 15) is 4.79 Å². The molecule has 2 aromatic heterocycles. The Kier molecular flexibility index (Phi) is 6.88. The van der Waals surface area contributed by atoms with Gasteiger partial charge in [0.2, 0.25) is 5.88 Å². The number of ether oxygens (including phenoxy) is 1. The Bertz CT molecular complexity index is 1280. The molecule has 8 heteroatoms. The zero-order chi connectivity index (χ0) is 24.2. The van der Waals surface area contributed by atoms with Crippen LogP contribution in [0.1, 0.15) is 27.2 Å². The van der Waals surface area contributed by atoms with Crippen LogP contribution in [0.2, 0.25) is 5.02 Å². The number of nitrogens with zero attached hydrogens (tertiary/aromatic N) is 3. The van der Waals surface area contributed by atoms with E-state index in [1.54, 1.807) is 35.4 Å². The van der Waals surface area contributed by atoms with E-state index in [1.807, 2.05) is 37.3 Å². The molecule has 1 fully saturated rings. The summed E-state index contributed by atoms with van der Waals surface area (Å²) in [5.41, 5.74) is 4.19. The molecule has 0 atom stereocenters. The molecule has 5 rings (SSSR count). The molecule has 0 bridgehead atoms. The lowest BCUT2D eigenvalue weighted by atomic mass is 10.0. The highest BCUT2D eigenvalue weighted by atomic mass is 35.5. The summed E-state index contributed by atoms with van der Waals surface area (Å²) in [6.45, 7) is 5.24. The summed E-state index contributed by atoms with van der Waals surface area (Å²) in [4.78, 5) is 17.5. The minimum absolute atomic E-state index is 0.137. The highest BCUT2D eigenvalue weighted by Crippen LogP contribution is 2.34. The Morgan fingerprint density at radius 3 is 2.57 bits per heavy atom. The van der Waals surface area contributed by atoms with Gasteiger partial charge >= 0.3 is 0 Å². The molecule has 0 aliphatic carbocycles. The zero-order valence-electron chi connectivity index (χ0n) is 19.4. The van der Waals surface area contributed by atoms with Gasteiger partial charge < -0.3 is 23.5 Å². The second-order valence-corrected chi connectivity index (χ2v) is 8.97. The van der Waals surface area contributed by atoms with Crippen molar-refractivity contribution in [1.82, 2.24) is 10.1 Å². The number of halogens is 1. The van der Waals surface area contributed by atoms with Crippen LogP contribution in [-0.4, -0.2) is 42.3 Å². The van der Waals surface area contributed by atoms with E-state index < -0.39 is 0 Å². The van der Waals surface area contributed by atoms with Crippen molar-refractivity contribution in [3.8, 4) is 11.3 Å². The van der Waals surface area contributed by atoms with E-state index in [0.29, 0.717) is 61.6 Å². The zero-order valence-corrected chi connectivity index (χ0v) is 20.2. The predicted octanol–water partition coefficient (Wildman–Crippen LogP) is 5.58. The first kappa shape index (κ1) is 23.2. The predicted molar refractivity (Wildman–Crippen MR) is 133 cm³/mol. The van der Waals surface area contributed by atoms with Gasteiger partial charge in [0.15, 0.2) is 0 Å². The SMILES string of the molecule is Cc1cccc(-c2noc(N3CCOCC3)c2CN(Cc2ccco2)C(=O)c2ccc(Cl)cc2)c1. The van der Waals surface area contributed by atoms with Crippen molar-refractivity contribution in [1.29, 1.82) is 0 Å². The summed E-state index contributed by atoms with van der Waals surface area (Å²) in [5, 5.41) is 5.04. The molecule has 4 aromatic rings. The maximum atomic E-state index is 13.7. The summed E-state index contributed by atoms with van der Waals surface area (Å²) in [5.74, 6) is 1.22. The molecule has 35 heavy (non-hydrogen) atoms. The minimum Gasteiger partial charge on any atom is -0.467 e. The number of hydrogen-bond acceptors (Lipinski definition) is 6. The third-order valence-corrected chi connectivity index (χ3v) is 6.26. The molecular weight excluding hydrogens is 466 g/mol. The minimum atomic E-state index is -0.137. The van der Waals surface area contributed by atoms with Gasteiger partial charge in [0.25, 0.3) is 5.91 Å². The van der Waals surface area contributed by atoms with Crippen molar-refractivity contribution in [2.24, 2.45) is 0 Å². The molecule has 180 valence electrons. The number of anilines is 1. The molecule has 7 nitrogen and oxygen atoms in total. The average Bonchev–Trinajstić information content (AvgIpc) is 3.54. The van der Waals surface area contributed by atoms with E-state index in [-0.39, 0.29) is 5.91 Å². The molecule has 0 N–H and O–H groups in total. The van der Waals surface area contributed by atoms with Crippen LogP contribution in [0.25, 0.3) is 11.3 Å². The maximum absolute atomic E-state index is 13.7. The first-order valence-electron chi connectivity index (χ1n) is 11.5. The molecule has 1 aliphatic rings. The quantitative estimate of drug-likeness (QED) is 0.336. The topological polar surface area (TPSA) is 72.0 Å². The molecule has 0 saturated carbocycles. The monoisotopic (exact) mass is 491 g/mol. The summed E-state index contributed by atoms with van der Waals surface area (Å²) >= 11 is 6.06. The average molecular weight is 492 g/mol. The second-order valence-electron chi connectivity index (χ2n) is 8.53. The lowest BCUT2D eigenvalue weighted by molar-refractivity contribution is 0.0717. The van der Waals surface area contributed by atoms with Crippen LogP contribution in [0.3, 0.4) is 0 Å². The third-order valence-electron chi connectivity index (χ3n) is 6.01. The molecule has 3 heterocycles. The smallest absolute Gasteiger partial charge is 0.254 e. The van der Waals surface area contributed by atoms with Crippen LogP contribution >= 0.6 is 11.6 Å². The summed E-state index contributed by atoms with van der Waals surface area (Å²) < 4.78 is 17.0. The Balaban J connectivity index is 1.55. The molecule has 1 saturated heterocycles. The number of aromatic nitrogens is 1. The molecular formula is C27H26ClN3O4. The summed E-state index contributed by atoms with van der Waals surface area (Å²) in [6, 6.07) is 18.7. The molecule has 0 radical (unpaired) electrons. The van der Waals surface area contributed by atoms with Crippen molar-refractivity contribution >= 4 is 23.4 Å². The van der Waals surface area contributed by atoms with Gasteiger partial charge in [-0.25, -0.2) is 0 Å². The van der Waals surface area contributed by atoms with Crippen molar-refractivity contribution in [2.75, 3.05) is 31.2 Å². The first-order chi connectivity index (χ1) is 17.1. The van der Waals surface area contributed by atoms with E-state index in [4.69, 9.17) is 25.3 Å². The lowest BCUT2D eigenvalue weighted by Gasteiger charge is -2.28. The normalized spacial score (nSPS) is 13.7. The fourth-order valence-electron chi connectivity index (χ4n) is 4.23. The summed E-state index contributed by atoms with van der Waals surface area (Å²) in [6.07, 6.45) is 1.61. The Morgan fingerprint density at radius 2 is 1.86 bits per heavy atom.